The number of benzene rings is 2. The normalized spacial score (nSPS) is 14.2. The Morgan fingerprint density at radius 3 is 2.22 bits per heavy atom. The van der Waals surface area contributed by atoms with Crippen LogP contribution in [0, 0.1) is 11.3 Å². The lowest BCUT2D eigenvalue weighted by Crippen LogP contribution is -1.94. The van der Waals surface area contributed by atoms with E-state index in [9.17, 15) is 0 Å². The smallest absolute Gasteiger partial charge is 0.0700 e. The van der Waals surface area contributed by atoms with Gasteiger partial charge in [0.05, 0.1) is 12.0 Å². The van der Waals surface area contributed by atoms with Crippen molar-refractivity contribution in [3.05, 3.63) is 48.0 Å². The van der Waals surface area contributed by atoms with Gasteiger partial charge in [-0.2, -0.15) is 5.26 Å². The van der Waals surface area contributed by atoms with Crippen molar-refractivity contribution in [3.63, 3.8) is 0 Å². The highest BCUT2D eigenvalue weighted by Gasteiger charge is 2.17. The highest BCUT2D eigenvalue weighted by Crippen LogP contribution is 2.48. The third-order valence-corrected chi connectivity index (χ3v) is 5.49. The van der Waals surface area contributed by atoms with E-state index in [1.807, 2.05) is 6.92 Å². The van der Waals surface area contributed by atoms with E-state index in [1.165, 1.54) is 19.6 Å². The van der Waals surface area contributed by atoms with Gasteiger partial charge in [-0.25, -0.2) is 0 Å². The molecule has 1 unspecified atom stereocenters. The Kier molecular flexibility index (Phi) is 3.07. The van der Waals surface area contributed by atoms with E-state index in [0.717, 1.165) is 5.56 Å². The summed E-state index contributed by atoms with van der Waals surface area (Å²) in [6, 6.07) is 17.1. The summed E-state index contributed by atoms with van der Waals surface area (Å²) in [5.74, 6) is -0.0435. The first-order chi connectivity index (χ1) is 8.78. The molecule has 3 rings (SSSR count). The van der Waals surface area contributed by atoms with Crippen LogP contribution in [0.4, 0.5) is 0 Å². The van der Waals surface area contributed by atoms with Crippen LogP contribution in [0.5, 0.6) is 0 Å². The van der Waals surface area contributed by atoms with Gasteiger partial charge in [-0.05, 0) is 36.8 Å². The van der Waals surface area contributed by atoms with E-state index in [2.05, 4.69) is 48.5 Å². The molecule has 0 saturated heterocycles. The summed E-state index contributed by atoms with van der Waals surface area (Å²) < 4.78 is 0. The molecule has 1 heterocycles. The quantitative estimate of drug-likeness (QED) is 0.626. The molecule has 0 radical (unpaired) electrons. The molecule has 0 aliphatic carbocycles. The molecule has 88 valence electrons. The van der Waals surface area contributed by atoms with Crippen molar-refractivity contribution in [3.8, 4) is 6.07 Å². The average Bonchev–Trinajstić information content (AvgIpc) is 2.43. The van der Waals surface area contributed by atoms with Crippen LogP contribution in [-0.2, 0) is 0 Å². The standard InChI is InChI=1S/C15H11NS2/c1-10(9-16)11-6-7-14-15(8-11)18-13-5-3-2-4-12(13)17-14/h2-8,10H,1H3. The van der Waals surface area contributed by atoms with Crippen LogP contribution < -0.4 is 0 Å². The minimum absolute atomic E-state index is 0.0435. The zero-order valence-electron chi connectivity index (χ0n) is 9.88. The summed E-state index contributed by atoms with van der Waals surface area (Å²) in [4.78, 5) is 5.17. The maximum absolute atomic E-state index is 8.99. The summed E-state index contributed by atoms with van der Waals surface area (Å²) in [6.45, 7) is 1.94. The molecular formula is C15H11NS2. The number of nitriles is 1. The van der Waals surface area contributed by atoms with Gasteiger partial charge in [0.2, 0.25) is 0 Å². The van der Waals surface area contributed by atoms with Crippen molar-refractivity contribution in [2.45, 2.75) is 32.4 Å². The molecule has 1 atom stereocenters. The molecule has 1 aliphatic rings. The lowest BCUT2D eigenvalue weighted by atomic mass is 10.0. The number of rotatable bonds is 1. The van der Waals surface area contributed by atoms with Gasteiger partial charge in [-0.15, -0.1) is 0 Å². The molecule has 0 spiro atoms. The predicted octanol–water partition coefficient (Wildman–Crippen LogP) is 4.93. The Labute approximate surface area is 115 Å². The van der Waals surface area contributed by atoms with E-state index < -0.39 is 0 Å². The lowest BCUT2D eigenvalue weighted by Gasteiger charge is -2.19. The van der Waals surface area contributed by atoms with E-state index in [4.69, 9.17) is 5.26 Å². The monoisotopic (exact) mass is 269 g/mol. The van der Waals surface area contributed by atoms with E-state index in [0.29, 0.717) is 0 Å². The topological polar surface area (TPSA) is 23.8 Å². The molecule has 0 bridgehead atoms. The zero-order valence-corrected chi connectivity index (χ0v) is 11.5. The van der Waals surface area contributed by atoms with Crippen LogP contribution in [0.2, 0.25) is 0 Å². The number of nitrogens with zero attached hydrogens (tertiary/aromatic N) is 1. The second-order valence-corrected chi connectivity index (χ2v) is 6.38. The van der Waals surface area contributed by atoms with Crippen molar-refractivity contribution in [2.75, 3.05) is 0 Å². The number of fused-ring (bicyclic) bond motifs is 2. The van der Waals surface area contributed by atoms with Gasteiger partial charge < -0.3 is 0 Å². The molecule has 0 saturated carbocycles. The van der Waals surface area contributed by atoms with Crippen LogP contribution >= 0.6 is 23.5 Å². The minimum atomic E-state index is -0.0435. The summed E-state index contributed by atoms with van der Waals surface area (Å²) in [5.41, 5.74) is 1.10. The Balaban J connectivity index is 2.01. The predicted molar refractivity (Wildman–Crippen MR) is 75.2 cm³/mol. The second kappa shape index (κ2) is 4.72. The lowest BCUT2D eigenvalue weighted by molar-refractivity contribution is 0.963. The van der Waals surface area contributed by atoms with Crippen molar-refractivity contribution in [1.82, 2.24) is 0 Å². The molecule has 0 N–H and O–H groups in total. The van der Waals surface area contributed by atoms with E-state index in [-0.39, 0.29) is 5.92 Å². The van der Waals surface area contributed by atoms with Gasteiger partial charge in [-0.3, -0.25) is 0 Å². The average molecular weight is 269 g/mol. The maximum Gasteiger partial charge on any atom is 0.0700 e. The molecule has 0 aromatic heterocycles. The Bertz CT molecular complexity index is 643. The highest BCUT2D eigenvalue weighted by molar-refractivity contribution is 8.05. The molecule has 18 heavy (non-hydrogen) atoms. The fourth-order valence-electron chi connectivity index (χ4n) is 1.89. The van der Waals surface area contributed by atoms with Gasteiger partial charge in [0.25, 0.3) is 0 Å². The largest absolute Gasteiger partial charge is 0.198 e. The van der Waals surface area contributed by atoms with Crippen LogP contribution in [0.15, 0.2) is 62.0 Å². The Morgan fingerprint density at radius 1 is 0.944 bits per heavy atom. The van der Waals surface area contributed by atoms with Crippen molar-refractivity contribution in [1.29, 1.82) is 5.26 Å². The molecule has 3 heteroatoms. The molecule has 0 amide bonds. The SMILES string of the molecule is CC(C#N)c1ccc2c(c1)Sc1ccccc1S2. The van der Waals surface area contributed by atoms with Crippen LogP contribution in [0.1, 0.15) is 18.4 Å². The first-order valence-electron chi connectivity index (χ1n) is 5.76. The third kappa shape index (κ3) is 2.03. The van der Waals surface area contributed by atoms with Gasteiger partial charge >= 0.3 is 0 Å². The zero-order chi connectivity index (χ0) is 12.5. The molecule has 0 fully saturated rings. The third-order valence-electron chi connectivity index (χ3n) is 2.95. The molecule has 1 nitrogen and oxygen atoms in total. The Hall–Kier alpha value is -1.37. The number of hydrogen-bond acceptors (Lipinski definition) is 3. The molecule has 2 aromatic rings. The van der Waals surface area contributed by atoms with Gasteiger partial charge in [0, 0.05) is 19.6 Å². The highest BCUT2D eigenvalue weighted by atomic mass is 32.2. The first kappa shape index (κ1) is 11.7. The van der Waals surface area contributed by atoms with Gasteiger partial charge in [0.15, 0.2) is 0 Å². The van der Waals surface area contributed by atoms with Crippen molar-refractivity contribution >= 4 is 23.5 Å². The summed E-state index contributed by atoms with van der Waals surface area (Å²) in [6.07, 6.45) is 0. The van der Waals surface area contributed by atoms with E-state index >= 15 is 0 Å². The Morgan fingerprint density at radius 2 is 1.56 bits per heavy atom. The molecule has 1 aliphatic heterocycles. The second-order valence-electron chi connectivity index (χ2n) is 4.21. The summed E-state index contributed by atoms with van der Waals surface area (Å²) in [7, 11) is 0. The van der Waals surface area contributed by atoms with Gasteiger partial charge in [-0.1, -0.05) is 41.7 Å². The molecule has 2 aromatic carbocycles. The number of hydrogen-bond donors (Lipinski definition) is 0. The van der Waals surface area contributed by atoms with Crippen molar-refractivity contribution < 1.29 is 0 Å². The van der Waals surface area contributed by atoms with Crippen LogP contribution in [0.3, 0.4) is 0 Å². The van der Waals surface area contributed by atoms with Crippen LogP contribution in [-0.4, -0.2) is 0 Å². The molecular weight excluding hydrogens is 258 g/mol. The van der Waals surface area contributed by atoms with Crippen LogP contribution in [0.25, 0.3) is 0 Å². The minimum Gasteiger partial charge on any atom is -0.198 e. The van der Waals surface area contributed by atoms with Crippen molar-refractivity contribution in [2.24, 2.45) is 0 Å². The summed E-state index contributed by atoms with van der Waals surface area (Å²) >= 11 is 3.60. The van der Waals surface area contributed by atoms with Gasteiger partial charge in [0.1, 0.15) is 0 Å². The fraction of sp³-hybridized carbons (Fsp3) is 0.133. The maximum atomic E-state index is 8.99. The summed E-state index contributed by atoms with van der Waals surface area (Å²) in [5, 5.41) is 8.99. The van der Waals surface area contributed by atoms with E-state index in [1.54, 1.807) is 23.5 Å². The fourth-order valence-corrected chi connectivity index (χ4v) is 4.15. The first-order valence-corrected chi connectivity index (χ1v) is 7.39.